The molecule has 2 aliphatic heterocycles. The van der Waals surface area contributed by atoms with Crippen LogP contribution in [0.3, 0.4) is 0 Å². The number of benzene rings is 6. The number of aliphatic hydroxyl groups excluding tert-OH is 1. The first-order valence-electron chi connectivity index (χ1n) is 18.9. The van der Waals surface area contributed by atoms with Crippen LogP contribution in [0, 0.1) is 0 Å². The number of aliphatic hydroxyl groups is 1. The third-order valence-corrected chi connectivity index (χ3v) is 11.3. The molecule has 282 valence electrons. The molecule has 0 aliphatic carbocycles. The van der Waals surface area contributed by atoms with Gasteiger partial charge in [-0.1, -0.05) is 145 Å². The molecule has 1 saturated heterocycles. The zero-order valence-corrected chi connectivity index (χ0v) is 31.7. The molecule has 3 heterocycles. The zero-order valence-electron chi connectivity index (χ0n) is 30.9. The Labute approximate surface area is 334 Å². The fourth-order valence-corrected chi connectivity index (χ4v) is 8.25. The largest absolute Gasteiger partial charge is 0.431 e. The smallest absolute Gasteiger partial charge is 0.261 e. The van der Waals surface area contributed by atoms with E-state index in [1.807, 2.05) is 127 Å². The number of rotatable bonds is 11. The molecular formula is C48H38N2O6S. The molecule has 57 heavy (non-hydrogen) atoms. The van der Waals surface area contributed by atoms with E-state index in [1.54, 1.807) is 24.3 Å². The lowest BCUT2D eigenvalue weighted by atomic mass is 9.99. The van der Waals surface area contributed by atoms with Crippen LogP contribution >= 0.6 is 11.8 Å². The van der Waals surface area contributed by atoms with E-state index in [0.717, 1.165) is 56.0 Å². The van der Waals surface area contributed by atoms with Gasteiger partial charge in [0.25, 0.3) is 17.0 Å². The average molecular weight is 771 g/mol. The summed E-state index contributed by atoms with van der Waals surface area (Å²) >= 11 is 1.52. The molecule has 1 fully saturated rings. The van der Waals surface area contributed by atoms with Crippen LogP contribution in [0.1, 0.15) is 61.8 Å². The van der Waals surface area contributed by atoms with Crippen molar-refractivity contribution >= 4 is 23.6 Å². The minimum absolute atomic E-state index is 0.0326. The Morgan fingerprint density at radius 1 is 0.632 bits per heavy atom. The molecule has 6 aromatic carbocycles. The van der Waals surface area contributed by atoms with Gasteiger partial charge in [0, 0.05) is 28.9 Å². The lowest BCUT2D eigenvalue weighted by Crippen LogP contribution is -2.31. The van der Waals surface area contributed by atoms with E-state index in [1.165, 1.54) is 16.7 Å². The number of imide groups is 1. The van der Waals surface area contributed by atoms with Crippen LogP contribution in [0.5, 0.6) is 0 Å². The number of aromatic nitrogens is 1. The van der Waals surface area contributed by atoms with Crippen LogP contribution in [0.4, 0.5) is 0 Å². The quantitative estimate of drug-likeness (QED) is 0.102. The molecule has 7 aromatic rings. The number of nitrogens with zero attached hydrogens (tertiary/aromatic N) is 2. The minimum Gasteiger partial charge on any atom is -0.431 e. The van der Waals surface area contributed by atoms with Crippen molar-refractivity contribution in [2.75, 3.05) is 5.75 Å². The summed E-state index contributed by atoms with van der Waals surface area (Å²) < 4.78 is 19.9. The fraction of sp³-hybridized carbons (Fsp3) is 0.146. The number of ether oxygens (including phenoxy) is 2. The van der Waals surface area contributed by atoms with Gasteiger partial charge in [-0.15, -0.1) is 0 Å². The Balaban J connectivity index is 0.968. The highest BCUT2D eigenvalue weighted by molar-refractivity contribution is 7.99. The second-order valence-electron chi connectivity index (χ2n) is 14.1. The molecule has 1 aromatic heterocycles. The van der Waals surface area contributed by atoms with Crippen LogP contribution in [0.15, 0.2) is 167 Å². The van der Waals surface area contributed by atoms with Crippen molar-refractivity contribution in [3.8, 4) is 33.7 Å². The summed E-state index contributed by atoms with van der Waals surface area (Å²) in [5.74, 6) is 0.743. The minimum atomic E-state index is -0.669. The van der Waals surface area contributed by atoms with E-state index in [4.69, 9.17) is 18.9 Å². The molecule has 0 radical (unpaired) electrons. The van der Waals surface area contributed by atoms with Gasteiger partial charge in [0.05, 0.1) is 36.5 Å². The molecule has 2 amide bonds. The monoisotopic (exact) mass is 770 g/mol. The molecule has 9 heteroatoms. The maximum Gasteiger partial charge on any atom is 0.261 e. The summed E-state index contributed by atoms with van der Waals surface area (Å²) in [7, 11) is 0. The summed E-state index contributed by atoms with van der Waals surface area (Å²) in [4.78, 5) is 32.4. The molecule has 9 rings (SSSR count). The van der Waals surface area contributed by atoms with Crippen LogP contribution in [-0.2, 0) is 22.6 Å². The number of hydrogen-bond donors (Lipinski definition) is 1. The predicted molar refractivity (Wildman–Crippen MR) is 219 cm³/mol. The third-order valence-electron chi connectivity index (χ3n) is 10.3. The van der Waals surface area contributed by atoms with E-state index in [9.17, 15) is 14.7 Å². The summed E-state index contributed by atoms with van der Waals surface area (Å²) in [5, 5.41) is 10.2. The number of thioether (sulfide) groups is 1. The van der Waals surface area contributed by atoms with E-state index in [2.05, 4.69) is 6.07 Å². The van der Waals surface area contributed by atoms with Gasteiger partial charge in [0.2, 0.25) is 0 Å². The van der Waals surface area contributed by atoms with Crippen molar-refractivity contribution < 1.29 is 28.6 Å². The maximum absolute atomic E-state index is 13.1. The number of amides is 2. The highest BCUT2D eigenvalue weighted by Gasteiger charge is 2.35. The van der Waals surface area contributed by atoms with Crippen molar-refractivity contribution in [3.05, 3.63) is 191 Å². The molecule has 8 nitrogen and oxygen atoms in total. The summed E-state index contributed by atoms with van der Waals surface area (Å²) in [6.07, 6.45) is -0.537. The number of fused-ring (bicyclic) bond motifs is 1. The van der Waals surface area contributed by atoms with Crippen molar-refractivity contribution in [3.63, 3.8) is 0 Å². The van der Waals surface area contributed by atoms with Crippen LogP contribution < -0.4 is 0 Å². The SMILES string of the molecule is O=C1c2ccccc2C(=O)N1Cc1cccc(-c2cccc([C@@H]3O[C@H](CSc4nc(-c5ccccc5)c(-c5ccccc5)o4)C[C@H](c4ccc(CO)cc4)O3)c2)c1. The van der Waals surface area contributed by atoms with Crippen molar-refractivity contribution in [2.24, 2.45) is 0 Å². The standard InChI is InChI=1S/C48H38N2O6S/c51-29-31-21-23-33(24-22-31)42-27-39(30-57-48-49-43(34-12-3-1-4-13-34)44(56-48)35-14-5-2-6-15-35)54-47(55-42)38-18-10-17-37(26-38)36-16-9-11-32(25-36)28-50-45(52)40-19-7-8-20-41(40)46(50)53/h1-26,39,42,47,51H,27-30H2/t39-,42+,47+/m0/s1. The van der Waals surface area contributed by atoms with Gasteiger partial charge >= 0.3 is 0 Å². The first-order chi connectivity index (χ1) is 28.0. The highest BCUT2D eigenvalue weighted by Crippen LogP contribution is 2.42. The third kappa shape index (κ3) is 7.70. The van der Waals surface area contributed by atoms with Crippen LogP contribution in [0.2, 0.25) is 0 Å². The number of carbonyl (C=O) groups is 2. The van der Waals surface area contributed by atoms with E-state index in [-0.39, 0.29) is 37.2 Å². The van der Waals surface area contributed by atoms with Gasteiger partial charge in [-0.05, 0) is 52.1 Å². The van der Waals surface area contributed by atoms with E-state index < -0.39 is 6.29 Å². The lowest BCUT2D eigenvalue weighted by Gasteiger charge is -2.36. The Morgan fingerprint density at radius 2 is 1.26 bits per heavy atom. The predicted octanol–water partition coefficient (Wildman–Crippen LogP) is 10.3. The van der Waals surface area contributed by atoms with Gasteiger partial charge < -0.3 is 19.0 Å². The topological polar surface area (TPSA) is 102 Å². The Morgan fingerprint density at radius 3 is 1.96 bits per heavy atom. The van der Waals surface area contributed by atoms with Gasteiger partial charge in [-0.2, -0.15) is 0 Å². The molecule has 2 aliphatic rings. The number of oxazole rings is 1. The first-order valence-corrected chi connectivity index (χ1v) is 19.9. The normalized spacial score (nSPS) is 17.8. The van der Waals surface area contributed by atoms with Crippen LogP contribution in [0.25, 0.3) is 33.7 Å². The number of carbonyl (C=O) groups excluding carboxylic acids is 2. The van der Waals surface area contributed by atoms with Gasteiger partial charge in [0.15, 0.2) is 12.1 Å². The fourth-order valence-electron chi connectivity index (χ4n) is 7.41. The van der Waals surface area contributed by atoms with Gasteiger partial charge in [-0.25, -0.2) is 4.98 Å². The molecule has 0 unspecified atom stereocenters. The maximum atomic E-state index is 13.1. The van der Waals surface area contributed by atoms with Gasteiger partial charge in [0.1, 0.15) is 5.69 Å². The summed E-state index contributed by atoms with van der Waals surface area (Å²) in [6.45, 7) is 0.143. The van der Waals surface area contributed by atoms with Crippen LogP contribution in [-0.4, -0.2) is 38.7 Å². The Kier molecular flexibility index (Phi) is 10.4. The van der Waals surface area contributed by atoms with Crippen molar-refractivity contribution in [2.45, 2.75) is 43.3 Å². The summed E-state index contributed by atoms with van der Waals surface area (Å²) in [6, 6.07) is 50.9. The van der Waals surface area contributed by atoms with Crippen molar-refractivity contribution in [1.29, 1.82) is 0 Å². The molecule has 3 atom stereocenters. The molecule has 1 N–H and O–H groups in total. The summed E-state index contributed by atoms with van der Waals surface area (Å²) in [5.41, 5.74) is 9.04. The van der Waals surface area contributed by atoms with Gasteiger partial charge in [-0.3, -0.25) is 14.5 Å². The highest BCUT2D eigenvalue weighted by atomic mass is 32.2. The zero-order chi connectivity index (χ0) is 38.7. The molecular weight excluding hydrogens is 733 g/mol. The second kappa shape index (κ2) is 16.2. The number of hydrogen-bond acceptors (Lipinski definition) is 8. The second-order valence-corrected chi connectivity index (χ2v) is 15.1. The van der Waals surface area contributed by atoms with E-state index >= 15 is 0 Å². The Hall–Kier alpha value is -6.10. The van der Waals surface area contributed by atoms with E-state index in [0.29, 0.717) is 28.5 Å². The Bertz CT molecular complexity index is 2450. The van der Waals surface area contributed by atoms with Crippen molar-refractivity contribution in [1.82, 2.24) is 9.88 Å². The lowest BCUT2D eigenvalue weighted by molar-refractivity contribution is -0.245. The average Bonchev–Trinajstić information content (AvgIpc) is 3.81. The first kappa shape index (κ1) is 36.5. The molecule has 0 bridgehead atoms. The molecule has 0 spiro atoms. The molecule has 0 saturated carbocycles.